The summed E-state index contributed by atoms with van der Waals surface area (Å²) in [6, 6.07) is 12.0. The van der Waals surface area contributed by atoms with E-state index in [4.69, 9.17) is 17.0 Å². The molecule has 6 nitrogen and oxygen atoms in total. The van der Waals surface area contributed by atoms with E-state index in [2.05, 4.69) is 31.9 Å². The fourth-order valence-electron chi connectivity index (χ4n) is 2.29. The van der Waals surface area contributed by atoms with Gasteiger partial charge in [0, 0.05) is 22.3 Å². The first kappa shape index (κ1) is 20.9. The lowest BCUT2D eigenvalue weighted by atomic mass is 10.2. The number of carbonyl (C=O) groups excluding carboxylic acids is 2. The van der Waals surface area contributed by atoms with E-state index >= 15 is 0 Å². The van der Waals surface area contributed by atoms with E-state index < -0.39 is 5.91 Å². The highest BCUT2D eigenvalue weighted by Gasteiger charge is 2.15. The van der Waals surface area contributed by atoms with E-state index in [1.807, 2.05) is 13.8 Å². The molecule has 2 aromatic rings. The van der Waals surface area contributed by atoms with Crippen molar-refractivity contribution in [3.63, 3.8) is 0 Å². The lowest BCUT2D eigenvalue weighted by Gasteiger charge is -2.13. The number of hydrogen-bond acceptors (Lipinski definition) is 4. The predicted molar refractivity (Wildman–Crippen MR) is 113 cm³/mol. The topological polar surface area (TPSA) is 79.5 Å². The van der Waals surface area contributed by atoms with E-state index in [0.717, 1.165) is 4.47 Å². The number of nitrogens with one attached hydrogen (secondary N) is 3. The zero-order valence-corrected chi connectivity index (χ0v) is 17.4. The molecule has 27 heavy (non-hydrogen) atoms. The van der Waals surface area contributed by atoms with Crippen LogP contribution in [0.2, 0.25) is 0 Å². The van der Waals surface area contributed by atoms with Crippen LogP contribution in [-0.2, 0) is 0 Å². The average molecular weight is 450 g/mol. The summed E-state index contributed by atoms with van der Waals surface area (Å²) in [6.45, 7) is 4.68. The van der Waals surface area contributed by atoms with Crippen LogP contribution in [0.25, 0.3) is 0 Å². The van der Waals surface area contributed by atoms with Gasteiger partial charge in [0.25, 0.3) is 11.8 Å². The van der Waals surface area contributed by atoms with Gasteiger partial charge in [-0.1, -0.05) is 22.0 Å². The summed E-state index contributed by atoms with van der Waals surface area (Å²) >= 11 is 8.57. The van der Waals surface area contributed by atoms with Gasteiger partial charge in [0.15, 0.2) is 5.11 Å². The zero-order chi connectivity index (χ0) is 19.8. The molecule has 2 aromatic carbocycles. The van der Waals surface area contributed by atoms with Gasteiger partial charge in [-0.3, -0.25) is 14.9 Å². The number of benzene rings is 2. The molecule has 0 atom stereocenters. The van der Waals surface area contributed by atoms with Crippen molar-refractivity contribution in [3.8, 4) is 5.75 Å². The lowest BCUT2D eigenvalue weighted by Crippen LogP contribution is -2.34. The molecule has 0 aliphatic rings. The summed E-state index contributed by atoms with van der Waals surface area (Å²) in [7, 11) is 0. The maximum atomic E-state index is 12.5. The molecule has 2 rings (SSSR count). The lowest BCUT2D eigenvalue weighted by molar-refractivity contribution is 0.0952. The Bertz CT molecular complexity index is 858. The van der Waals surface area contributed by atoms with Crippen LogP contribution in [0.3, 0.4) is 0 Å². The second-order valence-corrected chi connectivity index (χ2v) is 6.75. The molecule has 0 aliphatic heterocycles. The molecule has 142 valence electrons. The van der Waals surface area contributed by atoms with Crippen LogP contribution in [0, 0.1) is 0 Å². The number of hydrogen-bond donors (Lipinski definition) is 3. The number of halogens is 1. The number of rotatable bonds is 6. The maximum Gasteiger partial charge on any atom is 0.261 e. The molecule has 0 saturated heterocycles. The van der Waals surface area contributed by atoms with Crippen LogP contribution in [0.5, 0.6) is 5.75 Å². The van der Waals surface area contributed by atoms with E-state index in [9.17, 15) is 9.59 Å². The Balaban J connectivity index is 2.08. The molecule has 0 saturated carbocycles. The van der Waals surface area contributed by atoms with E-state index in [1.54, 1.807) is 42.5 Å². The van der Waals surface area contributed by atoms with Gasteiger partial charge in [0.2, 0.25) is 0 Å². The molecular formula is C19H20BrN3O3S. The molecule has 0 radical (unpaired) electrons. The summed E-state index contributed by atoms with van der Waals surface area (Å²) in [5, 5.41) is 8.39. The van der Waals surface area contributed by atoms with Gasteiger partial charge in [0.1, 0.15) is 5.75 Å². The molecule has 3 N–H and O–H groups in total. The molecule has 0 fully saturated rings. The van der Waals surface area contributed by atoms with Gasteiger partial charge in [-0.25, -0.2) is 0 Å². The van der Waals surface area contributed by atoms with Gasteiger partial charge in [-0.2, -0.15) is 0 Å². The van der Waals surface area contributed by atoms with Gasteiger partial charge >= 0.3 is 0 Å². The third kappa shape index (κ3) is 6.04. The highest BCUT2D eigenvalue weighted by Crippen LogP contribution is 2.23. The Morgan fingerprint density at radius 2 is 1.89 bits per heavy atom. The summed E-state index contributed by atoms with van der Waals surface area (Å²) in [5.41, 5.74) is 1.47. The van der Waals surface area contributed by atoms with Crippen molar-refractivity contribution in [1.82, 2.24) is 10.6 Å². The Kier molecular flexibility index (Phi) is 7.75. The van der Waals surface area contributed by atoms with Gasteiger partial charge in [-0.05, 0) is 62.5 Å². The highest BCUT2D eigenvalue weighted by atomic mass is 79.9. The normalized spacial score (nSPS) is 10.0. The predicted octanol–water partition coefficient (Wildman–Crippen LogP) is 3.72. The number of carbonyl (C=O) groups is 2. The van der Waals surface area contributed by atoms with Crippen LogP contribution in [-0.4, -0.2) is 30.1 Å². The van der Waals surface area contributed by atoms with E-state index in [-0.39, 0.29) is 11.0 Å². The van der Waals surface area contributed by atoms with Crippen molar-refractivity contribution in [2.75, 3.05) is 18.5 Å². The minimum absolute atomic E-state index is 0.121. The molecule has 8 heteroatoms. The second kappa shape index (κ2) is 10.0. The fraction of sp³-hybridized carbons (Fsp3) is 0.211. The van der Waals surface area contributed by atoms with Crippen LogP contribution >= 0.6 is 28.1 Å². The largest absolute Gasteiger partial charge is 0.493 e. The third-order valence-electron chi connectivity index (χ3n) is 3.43. The number of thiocarbonyl (C=S) groups is 1. The molecule has 0 aromatic heterocycles. The van der Waals surface area contributed by atoms with Gasteiger partial charge in [-0.15, -0.1) is 0 Å². The highest BCUT2D eigenvalue weighted by molar-refractivity contribution is 9.10. The summed E-state index contributed by atoms with van der Waals surface area (Å²) < 4.78 is 6.24. The number of ether oxygens (including phenoxy) is 1. The van der Waals surface area contributed by atoms with Crippen LogP contribution in [0.4, 0.5) is 5.69 Å². The maximum absolute atomic E-state index is 12.5. The first-order valence-corrected chi connectivity index (χ1v) is 9.57. The molecule has 2 amide bonds. The molecule has 0 heterocycles. The average Bonchev–Trinajstić information content (AvgIpc) is 2.63. The Hall–Kier alpha value is -2.45. The Labute approximate surface area is 171 Å². The van der Waals surface area contributed by atoms with Crippen molar-refractivity contribution in [3.05, 3.63) is 58.1 Å². The third-order valence-corrected chi connectivity index (χ3v) is 4.13. The van der Waals surface area contributed by atoms with Crippen LogP contribution in [0.15, 0.2) is 46.9 Å². The first-order valence-electron chi connectivity index (χ1n) is 8.37. The Morgan fingerprint density at radius 1 is 1.11 bits per heavy atom. The van der Waals surface area contributed by atoms with E-state index in [1.165, 1.54) is 0 Å². The second-order valence-electron chi connectivity index (χ2n) is 5.42. The van der Waals surface area contributed by atoms with Crippen molar-refractivity contribution in [2.45, 2.75) is 13.8 Å². The van der Waals surface area contributed by atoms with Gasteiger partial charge in [0.05, 0.1) is 12.2 Å². The summed E-state index contributed by atoms with van der Waals surface area (Å²) in [5.74, 6) is -0.0945. The zero-order valence-electron chi connectivity index (χ0n) is 15.0. The summed E-state index contributed by atoms with van der Waals surface area (Å²) in [6.07, 6.45) is 0. The quantitative estimate of drug-likeness (QED) is 0.585. The standard InChI is InChI=1S/C19H20BrN3O3S/c1-3-21-17(24)12-6-5-7-14(10-12)22-19(27)23-18(25)15-11-13(20)8-9-16(15)26-4-2/h5-11H,3-4H2,1-2H3,(H,21,24)(H2,22,23,25,27). The smallest absolute Gasteiger partial charge is 0.261 e. The molecule has 0 unspecified atom stereocenters. The van der Waals surface area contributed by atoms with Gasteiger partial charge < -0.3 is 15.4 Å². The molecular weight excluding hydrogens is 430 g/mol. The minimum Gasteiger partial charge on any atom is -0.493 e. The monoisotopic (exact) mass is 449 g/mol. The SMILES string of the molecule is CCNC(=O)c1cccc(NC(=S)NC(=O)c2cc(Br)ccc2OCC)c1. The fourth-order valence-corrected chi connectivity index (χ4v) is 2.87. The Morgan fingerprint density at radius 3 is 2.59 bits per heavy atom. The van der Waals surface area contributed by atoms with Crippen molar-refractivity contribution >= 4 is 50.8 Å². The van der Waals surface area contributed by atoms with Crippen molar-refractivity contribution < 1.29 is 14.3 Å². The number of amides is 2. The molecule has 0 spiro atoms. The van der Waals surface area contributed by atoms with Crippen molar-refractivity contribution in [1.29, 1.82) is 0 Å². The van der Waals surface area contributed by atoms with Crippen LogP contribution in [0.1, 0.15) is 34.6 Å². The van der Waals surface area contributed by atoms with Crippen molar-refractivity contribution in [2.24, 2.45) is 0 Å². The first-order chi connectivity index (χ1) is 12.9. The van der Waals surface area contributed by atoms with E-state index in [0.29, 0.717) is 35.7 Å². The minimum atomic E-state index is -0.392. The molecule has 0 aliphatic carbocycles. The number of anilines is 1. The molecule has 0 bridgehead atoms. The van der Waals surface area contributed by atoms with Crippen LogP contribution < -0.4 is 20.7 Å². The summed E-state index contributed by atoms with van der Waals surface area (Å²) in [4.78, 5) is 24.5.